The summed E-state index contributed by atoms with van der Waals surface area (Å²) >= 11 is 0. The lowest BCUT2D eigenvalue weighted by atomic mass is 10.0. The van der Waals surface area contributed by atoms with Crippen molar-refractivity contribution in [3.05, 3.63) is 34.9 Å². The van der Waals surface area contributed by atoms with E-state index in [2.05, 4.69) is 6.07 Å². The van der Waals surface area contributed by atoms with Crippen molar-refractivity contribution in [2.24, 2.45) is 0 Å². The van der Waals surface area contributed by atoms with Crippen molar-refractivity contribution in [1.82, 2.24) is 0 Å². The molecular weight excluding hydrogens is 162 g/mol. The zero-order valence-electron chi connectivity index (χ0n) is 7.58. The first-order valence-electron chi connectivity index (χ1n) is 4.19. The van der Waals surface area contributed by atoms with E-state index >= 15 is 0 Å². The van der Waals surface area contributed by atoms with Crippen molar-refractivity contribution in [1.29, 1.82) is 5.26 Å². The van der Waals surface area contributed by atoms with Gasteiger partial charge in [0.2, 0.25) is 0 Å². The van der Waals surface area contributed by atoms with E-state index in [9.17, 15) is 4.79 Å². The molecule has 0 amide bonds. The number of nitrogens with zero attached hydrogens (tertiary/aromatic N) is 1. The lowest BCUT2D eigenvalue weighted by Gasteiger charge is -2.02. The predicted octanol–water partition coefficient (Wildman–Crippen LogP) is 2.26. The number of nitriles is 1. The third kappa shape index (κ3) is 2.41. The van der Waals surface area contributed by atoms with Gasteiger partial charge in [-0.3, -0.25) is 4.79 Å². The van der Waals surface area contributed by atoms with Gasteiger partial charge in [-0.1, -0.05) is 23.8 Å². The maximum Gasteiger partial charge on any atom is 0.150 e. The van der Waals surface area contributed by atoms with Gasteiger partial charge < -0.3 is 0 Å². The number of aryl methyl sites for hydroxylation is 2. The fraction of sp³-hybridized carbons (Fsp3) is 0.273. The monoisotopic (exact) mass is 173 g/mol. The highest BCUT2D eigenvalue weighted by Gasteiger charge is 2.00. The fourth-order valence-electron chi connectivity index (χ4n) is 1.26. The third-order valence-corrected chi connectivity index (χ3v) is 1.93. The van der Waals surface area contributed by atoms with E-state index in [4.69, 9.17) is 5.26 Å². The predicted molar refractivity (Wildman–Crippen MR) is 50.5 cm³/mol. The molecule has 13 heavy (non-hydrogen) atoms. The molecule has 0 aliphatic heterocycles. The summed E-state index contributed by atoms with van der Waals surface area (Å²) in [5, 5.41) is 8.42. The molecule has 0 N–H and O–H groups in total. The van der Waals surface area contributed by atoms with Crippen molar-refractivity contribution < 1.29 is 4.79 Å². The van der Waals surface area contributed by atoms with Crippen LogP contribution in [0.15, 0.2) is 18.2 Å². The van der Waals surface area contributed by atoms with Gasteiger partial charge in [0.25, 0.3) is 0 Å². The Morgan fingerprint density at radius 1 is 1.54 bits per heavy atom. The lowest BCUT2D eigenvalue weighted by Crippen LogP contribution is -1.93. The zero-order chi connectivity index (χ0) is 9.68. The number of aldehydes is 1. The zero-order valence-corrected chi connectivity index (χ0v) is 7.58. The van der Waals surface area contributed by atoms with Crippen LogP contribution in [0, 0.1) is 18.3 Å². The van der Waals surface area contributed by atoms with Crippen LogP contribution >= 0.6 is 0 Å². The topological polar surface area (TPSA) is 40.9 Å². The van der Waals surface area contributed by atoms with Gasteiger partial charge in [0.15, 0.2) is 0 Å². The van der Waals surface area contributed by atoms with Crippen molar-refractivity contribution >= 4 is 6.29 Å². The number of hydrogen-bond donors (Lipinski definition) is 0. The molecule has 0 fully saturated rings. The summed E-state index contributed by atoms with van der Waals surface area (Å²) in [5.74, 6) is 0. The SMILES string of the molecule is Cc1ccc(C=O)c(CCC#N)c1. The molecular formula is C11H11NO. The average Bonchev–Trinajstić information content (AvgIpc) is 2.15. The fourth-order valence-corrected chi connectivity index (χ4v) is 1.26. The molecule has 0 atom stereocenters. The molecule has 0 aliphatic carbocycles. The molecule has 0 radical (unpaired) electrons. The van der Waals surface area contributed by atoms with Crippen LogP contribution < -0.4 is 0 Å². The molecule has 0 heterocycles. The van der Waals surface area contributed by atoms with Crippen LogP contribution in [0.3, 0.4) is 0 Å². The second kappa shape index (κ2) is 4.42. The van der Waals surface area contributed by atoms with Crippen LogP contribution in [0.25, 0.3) is 0 Å². The first kappa shape index (κ1) is 9.47. The maximum atomic E-state index is 10.6. The standard InChI is InChI=1S/C11H11NO/c1-9-4-5-11(8-13)10(7-9)3-2-6-12/h4-5,7-8H,2-3H2,1H3. The third-order valence-electron chi connectivity index (χ3n) is 1.93. The second-order valence-corrected chi connectivity index (χ2v) is 2.98. The van der Waals surface area contributed by atoms with Crippen molar-refractivity contribution in [2.75, 3.05) is 0 Å². The summed E-state index contributed by atoms with van der Waals surface area (Å²) in [7, 11) is 0. The van der Waals surface area contributed by atoms with Crippen LogP contribution in [0.5, 0.6) is 0 Å². The van der Waals surface area contributed by atoms with Gasteiger partial charge in [-0.05, 0) is 18.9 Å². The minimum Gasteiger partial charge on any atom is -0.298 e. The van der Waals surface area contributed by atoms with E-state index in [1.54, 1.807) is 6.07 Å². The lowest BCUT2D eigenvalue weighted by molar-refractivity contribution is 0.112. The highest BCUT2D eigenvalue weighted by Crippen LogP contribution is 2.11. The Morgan fingerprint density at radius 2 is 2.31 bits per heavy atom. The normalized spacial score (nSPS) is 9.23. The van der Waals surface area contributed by atoms with E-state index in [0.29, 0.717) is 18.4 Å². The minimum absolute atomic E-state index is 0.463. The number of rotatable bonds is 3. The van der Waals surface area contributed by atoms with Crippen LogP contribution in [0.2, 0.25) is 0 Å². The van der Waals surface area contributed by atoms with E-state index < -0.39 is 0 Å². The minimum atomic E-state index is 0.463. The van der Waals surface area contributed by atoms with Gasteiger partial charge in [0.05, 0.1) is 6.07 Å². The van der Waals surface area contributed by atoms with Gasteiger partial charge in [0, 0.05) is 12.0 Å². The maximum absolute atomic E-state index is 10.6. The summed E-state index contributed by atoms with van der Waals surface area (Å²) in [6.45, 7) is 1.98. The Balaban J connectivity index is 2.95. The van der Waals surface area contributed by atoms with Gasteiger partial charge in [-0.25, -0.2) is 0 Å². The first-order valence-corrected chi connectivity index (χ1v) is 4.19. The molecule has 2 nitrogen and oxygen atoms in total. The number of carbonyl (C=O) groups is 1. The second-order valence-electron chi connectivity index (χ2n) is 2.98. The molecule has 0 saturated heterocycles. The summed E-state index contributed by atoms with van der Waals surface area (Å²) in [4.78, 5) is 10.6. The molecule has 1 aromatic carbocycles. The van der Waals surface area contributed by atoms with Crippen molar-refractivity contribution in [3.8, 4) is 6.07 Å². The van der Waals surface area contributed by atoms with Crippen LogP contribution in [0.1, 0.15) is 27.9 Å². The van der Waals surface area contributed by atoms with Gasteiger partial charge in [-0.2, -0.15) is 5.26 Å². The van der Waals surface area contributed by atoms with E-state index in [1.807, 2.05) is 19.1 Å². The molecule has 0 aromatic heterocycles. The van der Waals surface area contributed by atoms with Crippen LogP contribution in [-0.2, 0) is 6.42 Å². The Bertz CT molecular complexity index is 350. The highest BCUT2D eigenvalue weighted by atomic mass is 16.1. The highest BCUT2D eigenvalue weighted by molar-refractivity contribution is 5.77. The molecule has 0 saturated carbocycles. The molecule has 0 aliphatic rings. The Kier molecular flexibility index (Phi) is 3.22. The summed E-state index contributed by atoms with van der Waals surface area (Å²) in [6, 6.07) is 7.73. The van der Waals surface area contributed by atoms with Crippen molar-refractivity contribution in [2.45, 2.75) is 19.8 Å². The molecule has 0 bridgehead atoms. The Morgan fingerprint density at radius 3 is 2.92 bits per heavy atom. The number of benzene rings is 1. The number of hydrogen-bond acceptors (Lipinski definition) is 2. The van der Waals surface area contributed by atoms with Crippen molar-refractivity contribution in [3.63, 3.8) is 0 Å². The number of carbonyl (C=O) groups excluding carboxylic acids is 1. The molecule has 1 rings (SSSR count). The van der Waals surface area contributed by atoms with Crippen LogP contribution in [-0.4, -0.2) is 6.29 Å². The van der Waals surface area contributed by atoms with E-state index in [-0.39, 0.29) is 0 Å². The molecule has 0 unspecified atom stereocenters. The summed E-state index contributed by atoms with van der Waals surface area (Å²) in [5.41, 5.74) is 2.79. The van der Waals surface area contributed by atoms with E-state index in [0.717, 1.165) is 17.4 Å². The van der Waals surface area contributed by atoms with Gasteiger partial charge >= 0.3 is 0 Å². The Labute approximate surface area is 77.8 Å². The smallest absolute Gasteiger partial charge is 0.150 e. The summed E-state index contributed by atoms with van der Waals surface area (Å²) in [6.07, 6.45) is 1.96. The van der Waals surface area contributed by atoms with Gasteiger partial charge in [0.1, 0.15) is 6.29 Å². The largest absolute Gasteiger partial charge is 0.298 e. The first-order chi connectivity index (χ1) is 6.27. The molecule has 0 spiro atoms. The average molecular weight is 173 g/mol. The Hall–Kier alpha value is -1.62. The molecule has 66 valence electrons. The van der Waals surface area contributed by atoms with Gasteiger partial charge in [-0.15, -0.1) is 0 Å². The van der Waals surface area contributed by atoms with E-state index in [1.165, 1.54) is 0 Å². The summed E-state index contributed by atoms with van der Waals surface area (Å²) < 4.78 is 0. The quantitative estimate of drug-likeness (QED) is 0.658. The van der Waals surface area contributed by atoms with Crippen LogP contribution in [0.4, 0.5) is 0 Å². The molecule has 2 heteroatoms. The molecule has 1 aromatic rings.